The first kappa shape index (κ1) is 10.5. The Bertz CT molecular complexity index is 332. The summed E-state index contributed by atoms with van der Waals surface area (Å²) in [6.45, 7) is 1.49. The van der Waals surface area contributed by atoms with Gasteiger partial charge in [-0.05, 0) is 37.0 Å². The van der Waals surface area contributed by atoms with Gasteiger partial charge in [0.05, 0.1) is 0 Å². The summed E-state index contributed by atoms with van der Waals surface area (Å²) in [6, 6.07) is 7.32. The van der Waals surface area contributed by atoms with Crippen LogP contribution in [-0.2, 0) is 11.2 Å². The third-order valence-electron chi connectivity index (χ3n) is 2.96. The molecule has 0 radical (unpaired) electrons. The van der Waals surface area contributed by atoms with Crippen molar-refractivity contribution in [3.8, 4) is 5.75 Å². The average Bonchev–Trinajstić information content (AvgIpc) is 2.18. The smallest absolute Gasteiger partial charge is 0.115 e. The molecule has 0 bridgehead atoms. The maximum Gasteiger partial charge on any atom is 0.115 e. The number of nitrogens with two attached hydrogens (primary N) is 1. The Morgan fingerprint density at radius 3 is 2.73 bits per heavy atom. The zero-order chi connectivity index (χ0) is 10.7. The summed E-state index contributed by atoms with van der Waals surface area (Å²) < 4.78 is 5.30. The molecule has 0 aromatic heterocycles. The standard InChI is InChI=1S/C12H17NO2/c13-12(4-6-15-7-5-12)9-10-2-1-3-11(14)8-10/h1-3,8,14H,4-7,9,13H2. The number of hydrogen-bond acceptors (Lipinski definition) is 3. The van der Waals surface area contributed by atoms with Gasteiger partial charge in [0.25, 0.3) is 0 Å². The van der Waals surface area contributed by atoms with E-state index in [-0.39, 0.29) is 5.54 Å². The molecule has 82 valence electrons. The highest BCUT2D eigenvalue weighted by atomic mass is 16.5. The van der Waals surface area contributed by atoms with Gasteiger partial charge in [-0.1, -0.05) is 12.1 Å². The molecule has 15 heavy (non-hydrogen) atoms. The second-order valence-electron chi connectivity index (χ2n) is 4.32. The van der Waals surface area contributed by atoms with Crippen molar-refractivity contribution in [1.82, 2.24) is 0 Å². The molecule has 1 fully saturated rings. The Hall–Kier alpha value is -1.06. The van der Waals surface area contributed by atoms with Gasteiger partial charge in [0.15, 0.2) is 0 Å². The summed E-state index contributed by atoms with van der Waals surface area (Å²) in [5.74, 6) is 0.308. The van der Waals surface area contributed by atoms with E-state index < -0.39 is 0 Å². The first-order valence-corrected chi connectivity index (χ1v) is 5.33. The van der Waals surface area contributed by atoms with Crippen LogP contribution in [0.2, 0.25) is 0 Å². The van der Waals surface area contributed by atoms with Crippen molar-refractivity contribution in [3.63, 3.8) is 0 Å². The van der Waals surface area contributed by atoms with Crippen LogP contribution in [0.3, 0.4) is 0 Å². The zero-order valence-corrected chi connectivity index (χ0v) is 8.78. The first-order valence-electron chi connectivity index (χ1n) is 5.33. The third-order valence-corrected chi connectivity index (χ3v) is 2.96. The lowest BCUT2D eigenvalue weighted by Gasteiger charge is -2.33. The number of aromatic hydroxyl groups is 1. The molecule has 3 nitrogen and oxygen atoms in total. The maximum absolute atomic E-state index is 9.36. The highest BCUT2D eigenvalue weighted by molar-refractivity contribution is 5.28. The molecule has 1 heterocycles. The van der Waals surface area contributed by atoms with Crippen molar-refractivity contribution in [2.24, 2.45) is 5.73 Å². The molecule has 1 aliphatic rings. The van der Waals surface area contributed by atoms with E-state index >= 15 is 0 Å². The minimum absolute atomic E-state index is 0.161. The molecule has 0 aliphatic carbocycles. The highest BCUT2D eigenvalue weighted by Gasteiger charge is 2.28. The first-order chi connectivity index (χ1) is 7.18. The van der Waals surface area contributed by atoms with E-state index in [1.807, 2.05) is 12.1 Å². The lowest BCUT2D eigenvalue weighted by molar-refractivity contribution is 0.0533. The Labute approximate surface area is 89.9 Å². The monoisotopic (exact) mass is 207 g/mol. The number of ether oxygens (including phenoxy) is 1. The molecule has 0 unspecified atom stereocenters. The predicted octanol–water partition coefficient (Wildman–Crippen LogP) is 1.44. The molecule has 1 aromatic rings. The lowest BCUT2D eigenvalue weighted by Crippen LogP contribution is -2.46. The number of phenolic OH excluding ortho intramolecular Hbond substituents is 1. The average molecular weight is 207 g/mol. The fourth-order valence-corrected chi connectivity index (χ4v) is 2.03. The van der Waals surface area contributed by atoms with Crippen LogP contribution in [0.1, 0.15) is 18.4 Å². The van der Waals surface area contributed by atoms with Crippen molar-refractivity contribution < 1.29 is 9.84 Å². The number of rotatable bonds is 2. The minimum atomic E-state index is -0.161. The fraction of sp³-hybridized carbons (Fsp3) is 0.500. The molecule has 3 heteroatoms. The number of hydrogen-bond donors (Lipinski definition) is 2. The molecule has 1 saturated heterocycles. The second-order valence-corrected chi connectivity index (χ2v) is 4.32. The SMILES string of the molecule is NC1(Cc2cccc(O)c2)CCOCC1. The van der Waals surface area contributed by atoms with Crippen LogP contribution in [0.25, 0.3) is 0 Å². The molecular formula is C12H17NO2. The van der Waals surface area contributed by atoms with Gasteiger partial charge < -0.3 is 15.6 Å². The van der Waals surface area contributed by atoms with Gasteiger partial charge in [-0.15, -0.1) is 0 Å². The summed E-state index contributed by atoms with van der Waals surface area (Å²) >= 11 is 0. The van der Waals surface area contributed by atoms with Gasteiger partial charge in [0, 0.05) is 18.8 Å². The molecule has 0 saturated carbocycles. The summed E-state index contributed by atoms with van der Waals surface area (Å²) in [5.41, 5.74) is 7.22. The Morgan fingerprint density at radius 2 is 2.07 bits per heavy atom. The Balaban J connectivity index is 2.06. The van der Waals surface area contributed by atoms with E-state index in [2.05, 4.69) is 0 Å². The lowest BCUT2D eigenvalue weighted by atomic mass is 9.85. The van der Waals surface area contributed by atoms with Crippen LogP contribution in [0, 0.1) is 0 Å². The van der Waals surface area contributed by atoms with Crippen LogP contribution in [0.15, 0.2) is 24.3 Å². The van der Waals surface area contributed by atoms with Crippen molar-refractivity contribution in [2.45, 2.75) is 24.8 Å². The van der Waals surface area contributed by atoms with Gasteiger partial charge in [0.1, 0.15) is 5.75 Å². The van der Waals surface area contributed by atoms with Crippen molar-refractivity contribution in [1.29, 1.82) is 0 Å². The van der Waals surface area contributed by atoms with E-state index in [4.69, 9.17) is 10.5 Å². The van der Waals surface area contributed by atoms with Crippen molar-refractivity contribution >= 4 is 0 Å². The quantitative estimate of drug-likeness (QED) is 0.771. The Kier molecular flexibility index (Phi) is 2.93. The molecule has 3 N–H and O–H groups in total. The van der Waals surface area contributed by atoms with Gasteiger partial charge >= 0.3 is 0 Å². The second kappa shape index (κ2) is 4.21. The van der Waals surface area contributed by atoms with E-state index in [9.17, 15) is 5.11 Å². The third kappa shape index (κ3) is 2.70. The maximum atomic E-state index is 9.36. The normalized spacial score (nSPS) is 20.1. The van der Waals surface area contributed by atoms with E-state index in [1.54, 1.807) is 12.1 Å². The van der Waals surface area contributed by atoms with Crippen molar-refractivity contribution in [2.75, 3.05) is 13.2 Å². The van der Waals surface area contributed by atoms with Crippen LogP contribution in [0.5, 0.6) is 5.75 Å². The Morgan fingerprint density at radius 1 is 1.33 bits per heavy atom. The van der Waals surface area contributed by atoms with E-state index in [0.717, 1.165) is 38.0 Å². The van der Waals surface area contributed by atoms with Crippen LogP contribution >= 0.6 is 0 Å². The summed E-state index contributed by atoms with van der Waals surface area (Å²) in [7, 11) is 0. The zero-order valence-electron chi connectivity index (χ0n) is 8.78. The number of benzene rings is 1. The molecule has 0 atom stereocenters. The summed E-state index contributed by atoms with van der Waals surface area (Å²) in [6.07, 6.45) is 2.59. The largest absolute Gasteiger partial charge is 0.508 e. The summed E-state index contributed by atoms with van der Waals surface area (Å²) in [5, 5.41) is 9.36. The highest BCUT2D eigenvalue weighted by Crippen LogP contribution is 2.23. The molecule has 1 aliphatic heterocycles. The van der Waals surface area contributed by atoms with E-state index in [1.165, 1.54) is 0 Å². The van der Waals surface area contributed by atoms with Crippen molar-refractivity contribution in [3.05, 3.63) is 29.8 Å². The molecular weight excluding hydrogens is 190 g/mol. The topological polar surface area (TPSA) is 55.5 Å². The van der Waals surface area contributed by atoms with Crippen LogP contribution < -0.4 is 5.73 Å². The number of phenols is 1. The fourth-order valence-electron chi connectivity index (χ4n) is 2.03. The molecule has 0 spiro atoms. The van der Waals surface area contributed by atoms with Gasteiger partial charge in [-0.2, -0.15) is 0 Å². The molecule has 0 amide bonds. The van der Waals surface area contributed by atoms with Crippen LogP contribution in [-0.4, -0.2) is 23.9 Å². The van der Waals surface area contributed by atoms with Gasteiger partial charge in [-0.25, -0.2) is 0 Å². The summed E-state index contributed by atoms with van der Waals surface area (Å²) in [4.78, 5) is 0. The predicted molar refractivity (Wildman–Crippen MR) is 58.8 cm³/mol. The van der Waals surface area contributed by atoms with Crippen LogP contribution in [0.4, 0.5) is 0 Å². The molecule has 1 aromatic carbocycles. The van der Waals surface area contributed by atoms with Gasteiger partial charge in [0.2, 0.25) is 0 Å². The molecule has 2 rings (SSSR count). The van der Waals surface area contributed by atoms with Gasteiger partial charge in [-0.3, -0.25) is 0 Å². The minimum Gasteiger partial charge on any atom is -0.508 e. The van der Waals surface area contributed by atoms with E-state index in [0.29, 0.717) is 5.75 Å².